The molecule has 0 aliphatic rings. The molecule has 0 unspecified atom stereocenters. The Morgan fingerprint density at radius 2 is 1.79 bits per heavy atom. The second-order valence-corrected chi connectivity index (χ2v) is 6.86. The third-order valence-corrected chi connectivity index (χ3v) is 4.91. The Bertz CT molecular complexity index is 813. The molecule has 0 bridgehead atoms. The summed E-state index contributed by atoms with van der Waals surface area (Å²) in [5, 5.41) is 6.50. The van der Waals surface area contributed by atoms with Gasteiger partial charge in [-0.25, -0.2) is 0 Å². The molecule has 1 aromatic heterocycles. The minimum atomic E-state index is -0.519. The van der Waals surface area contributed by atoms with E-state index < -0.39 is 6.10 Å². The van der Waals surface area contributed by atoms with Gasteiger partial charge in [-0.15, -0.1) is 11.3 Å². The van der Waals surface area contributed by atoms with Gasteiger partial charge in [0.25, 0.3) is 5.91 Å². The van der Waals surface area contributed by atoms with Crippen molar-refractivity contribution in [2.24, 2.45) is 0 Å². The molecule has 0 aliphatic carbocycles. The third kappa shape index (κ3) is 3.95. The predicted molar refractivity (Wildman–Crippen MR) is 99.7 cm³/mol. The lowest BCUT2D eigenvalue weighted by Crippen LogP contribution is -2.42. The fourth-order valence-corrected chi connectivity index (χ4v) is 3.66. The summed E-state index contributed by atoms with van der Waals surface area (Å²) < 4.78 is 6.96. The van der Waals surface area contributed by atoms with E-state index in [9.17, 15) is 4.79 Å². The van der Waals surface area contributed by atoms with E-state index in [1.54, 1.807) is 18.3 Å². The number of nitrogens with one attached hydrogen (secondary N) is 1. The predicted octanol–water partition coefficient (Wildman–Crippen LogP) is 4.42. The number of rotatable bonds is 6. The van der Waals surface area contributed by atoms with Crippen molar-refractivity contribution < 1.29 is 9.53 Å². The Kier molecular flexibility index (Phi) is 5.16. The number of carbonyl (C=O) groups excluding carboxylic acids is 1. The highest BCUT2D eigenvalue weighted by Crippen LogP contribution is 2.26. The van der Waals surface area contributed by atoms with Gasteiger partial charge in [-0.3, -0.25) is 4.79 Å². The van der Waals surface area contributed by atoms with E-state index in [0.717, 1.165) is 6.42 Å². The molecule has 3 nitrogen and oxygen atoms in total. The standard InChI is InChI=1S/C20H21NO2S/c1-14(12-16-13-24-19-11-7-6-10-18(16)19)21-20(22)15(2)23-17-8-4-3-5-9-17/h3-11,13-15H,12H2,1-2H3,(H,21,22)/t14-,15-/m0/s1. The van der Waals surface area contributed by atoms with Crippen molar-refractivity contribution in [1.82, 2.24) is 5.32 Å². The van der Waals surface area contributed by atoms with Crippen LogP contribution in [0.3, 0.4) is 0 Å². The van der Waals surface area contributed by atoms with Crippen molar-refractivity contribution in [3.05, 3.63) is 65.5 Å². The lowest BCUT2D eigenvalue weighted by molar-refractivity contribution is -0.127. The first-order chi connectivity index (χ1) is 11.6. The maximum absolute atomic E-state index is 12.3. The molecule has 3 aromatic rings. The molecular weight excluding hydrogens is 318 g/mol. The molecule has 1 N–H and O–H groups in total. The van der Waals surface area contributed by atoms with Gasteiger partial charge in [0.15, 0.2) is 6.10 Å². The fourth-order valence-electron chi connectivity index (χ4n) is 2.69. The molecule has 3 rings (SSSR count). The van der Waals surface area contributed by atoms with Crippen molar-refractivity contribution in [1.29, 1.82) is 0 Å². The van der Waals surface area contributed by atoms with Gasteiger partial charge in [0.2, 0.25) is 0 Å². The summed E-state index contributed by atoms with van der Waals surface area (Å²) in [5.74, 6) is 0.613. The molecule has 0 radical (unpaired) electrons. The van der Waals surface area contributed by atoms with Gasteiger partial charge in [-0.05, 0) is 54.8 Å². The number of fused-ring (bicyclic) bond motifs is 1. The van der Waals surface area contributed by atoms with E-state index in [-0.39, 0.29) is 11.9 Å². The minimum Gasteiger partial charge on any atom is -0.481 e. The first-order valence-electron chi connectivity index (χ1n) is 8.10. The fraction of sp³-hybridized carbons (Fsp3) is 0.250. The summed E-state index contributed by atoms with van der Waals surface area (Å²) in [6.45, 7) is 3.80. The van der Waals surface area contributed by atoms with Gasteiger partial charge >= 0.3 is 0 Å². The van der Waals surface area contributed by atoms with Gasteiger partial charge in [0.1, 0.15) is 5.75 Å². The maximum Gasteiger partial charge on any atom is 0.260 e. The highest BCUT2D eigenvalue weighted by Gasteiger charge is 2.17. The van der Waals surface area contributed by atoms with Crippen LogP contribution in [0.5, 0.6) is 5.75 Å². The van der Waals surface area contributed by atoms with Crippen LogP contribution in [0.4, 0.5) is 0 Å². The quantitative estimate of drug-likeness (QED) is 0.722. The summed E-state index contributed by atoms with van der Waals surface area (Å²) in [5.41, 5.74) is 1.28. The molecule has 2 aromatic carbocycles. The monoisotopic (exact) mass is 339 g/mol. The van der Waals surface area contributed by atoms with Crippen molar-refractivity contribution in [2.45, 2.75) is 32.4 Å². The van der Waals surface area contributed by atoms with E-state index in [2.05, 4.69) is 35.0 Å². The van der Waals surface area contributed by atoms with Crippen LogP contribution in [-0.4, -0.2) is 18.1 Å². The van der Waals surface area contributed by atoms with Gasteiger partial charge in [0, 0.05) is 10.7 Å². The molecule has 0 spiro atoms. The molecule has 0 aliphatic heterocycles. The van der Waals surface area contributed by atoms with Crippen LogP contribution < -0.4 is 10.1 Å². The number of hydrogen-bond acceptors (Lipinski definition) is 3. The molecule has 2 atom stereocenters. The van der Waals surface area contributed by atoms with Crippen LogP contribution in [0.25, 0.3) is 10.1 Å². The second kappa shape index (κ2) is 7.49. The summed E-state index contributed by atoms with van der Waals surface area (Å²) in [6.07, 6.45) is 0.294. The Labute approximate surface area is 146 Å². The summed E-state index contributed by atoms with van der Waals surface area (Å²) in [4.78, 5) is 12.3. The van der Waals surface area contributed by atoms with E-state index in [4.69, 9.17) is 4.74 Å². The van der Waals surface area contributed by atoms with Gasteiger partial charge in [0.05, 0.1) is 0 Å². The van der Waals surface area contributed by atoms with Crippen molar-refractivity contribution in [3.8, 4) is 5.75 Å². The average molecular weight is 339 g/mol. The molecule has 0 saturated heterocycles. The first-order valence-corrected chi connectivity index (χ1v) is 8.98. The lowest BCUT2D eigenvalue weighted by Gasteiger charge is -2.18. The van der Waals surface area contributed by atoms with Crippen LogP contribution in [-0.2, 0) is 11.2 Å². The zero-order valence-corrected chi connectivity index (χ0v) is 14.7. The Hall–Kier alpha value is -2.33. The normalized spacial score (nSPS) is 13.4. The Morgan fingerprint density at radius 1 is 1.08 bits per heavy atom. The largest absolute Gasteiger partial charge is 0.481 e. The Balaban J connectivity index is 1.58. The van der Waals surface area contributed by atoms with Crippen molar-refractivity contribution in [3.63, 3.8) is 0 Å². The summed E-state index contributed by atoms with van der Waals surface area (Å²) >= 11 is 1.75. The Morgan fingerprint density at radius 3 is 2.58 bits per heavy atom. The molecule has 0 saturated carbocycles. The molecule has 124 valence electrons. The number of carbonyl (C=O) groups is 1. The topological polar surface area (TPSA) is 38.3 Å². The van der Waals surface area contributed by atoms with Crippen molar-refractivity contribution in [2.75, 3.05) is 0 Å². The number of thiophene rings is 1. The van der Waals surface area contributed by atoms with Crippen LogP contribution in [0.1, 0.15) is 19.4 Å². The highest BCUT2D eigenvalue weighted by atomic mass is 32.1. The average Bonchev–Trinajstić information content (AvgIpc) is 2.99. The van der Waals surface area contributed by atoms with E-state index >= 15 is 0 Å². The maximum atomic E-state index is 12.3. The summed E-state index contributed by atoms with van der Waals surface area (Å²) in [6, 6.07) is 17.8. The number of ether oxygens (including phenoxy) is 1. The van der Waals surface area contributed by atoms with E-state index in [0.29, 0.717) is 5.75 Å². The molecule has 4 heteroatoms. The molecule has 1 heterocycles. The van der Waals surface area contributed by atoms with E-state index in [1.165, 1.54) is 15.6 Å². The van der Waals surface area contributed by atoms with Crippen molar-refractivity contribution >= 4 is 27.3 Å². The molecule has 1 amide bonds. The van der Waals surface area contributed by atoms with Gasteiger partial charge < -0.3 is 10.1 Å². The third-order valence-electron chi connectivity index (χ3n) is 3.90. The molecular formula is C20H21NO2S. The van der Waals surface area contributed by atoms with Crippen LogP contribution >= 0.6 is 11.3 Å². The van der Waals surface area contributed by atoms with Gasteiger partial charge in [-0.1, -0.05) is 36.4 Å². The smallest absolute Gasteiger partial charge is 0.260 e. The number of amides is 1. The zero-order chi connectivity index (χ0) is 16.9. The second-order valence-electron chi connectivity index (χ2n) is 5.94. The minimum absolute atomic E-state index is 0.0531. The van der Waals surface area contributed by atoms with Crippen LogP contribution in [0.2, 0.25) is 0 Å². The number of benzene rings is 2. The van der Waals surface area contributed by atoms with Crippen LogP contribution in [0.15, 0.2) is 60.0 Å². The zero-order valence-electron chi connectivity index (χ0n) is 13.9. The highest BCUT2D eigenvalue weighted by molar-refractivity contribution is 7.17. The lowest BCUT2D eigenvalue weighted by atomic mass is 10.1. The number of para-hydroxylation sites is 1. The number of hydrogen-bond donors (Lipinski definition) is 1. The molecule has 0 fully saturated rings. The molecule has 24 heavy (non-hydrogen) atoms. The first kappa shape index (κ1) is 16.5. The van der Waals surface area contributed by atoms with Crippen LogP contribution in [0, 0.1) is 0 Å². The SMILES string of the molecule is C[C@H](Oc1ccccc1)C(=O)N[C@@H](C)Cc1csc2ccccc12. The van der Waals surface area contributed by atoms with Gasteiger partial charge in [-0.2, -0.15) is 0 Å². The summed E-state index contributed by atoms with van der Waals surface area (Å²) in [7, 11) is 0. The van der Waals surface area contributed by atoms with E-state index in [1.807, 2.05) is 37.3 Å².